The van der Waals surface area contributed by atoms with E-state index in [1.165, 1.54) is 5.56 Å². The number of thioether (sulfide) groups is 1. The first kappa shape index (κ1) is 15.6. The third-order valence-electron chi connectivity index (χ3n) is 3.03. The summed E-state index contributed by atoms with van der Waals surface area (Å²) in [6, 6.07) is 7.94. The number of rotatable bonds is 4. The number of carbonyl (C=O) groups is 1. The summed E-state index contributed by atoms with van der Waals surface area (Å²) in [5.74, 6) is -0.509. The lowest BCUT2D eigenvalue weighted by Crippen LogP contribution is -2.10. The van der Waals surface area contributed by atoms with Gasteiger partial charge in [0, 0.05) is 5.56 Å². The normalized spacial score (nSPS) is 13.1. The zero-order valence-corrected chi connectivity index (χ0v) is 13.3. The van der Waals surface area contributed by atoms with Gasteiger partial charge in [-0.1, -0.05) is 44.7 Å². The average molecular weight is 306 g/mol. The van der Waals surface area contributed by atoms with Crippen LogP contribution in [-0.2, 0) is 10.2 Å². The molecule has 2 aromatic rings. The smallest absolute Gasteiger partial charge is 0.316 e. The van der Waals surface area contributed by atoms with Gasteiger partial charge in [0.2, 0.25) is 5.89 Å². The van der Waals surface area contributed by atoms with E-state index in [-0.39, 0.29) is 10.6 Å². The Morgan fingerprint density at radius 2 is 1.86 bits per heavy atom. The van der Waals surface area contributed by atoms with Gasteiger partial charge in [0.1, 0.15) is 5.25 Å². The second kappa shape index (κ2) is 5.89. The molecular weight excluding hydrogens is 288 g/mol. The fourth-order valence-corrected chi connectivity index (χ4v) is 2.31. The van der Waals surface area contributed by atoms with Crippen molar-refractivity contribution in [2.45, 2.75) is 43.6 Å². The van der Waals surface area contributed by atoms with E-state index in [0.29, 0.717) is 5.89 Å². The summed E-state index contributed by atoms with van der Waals surface area (Å²) >= 11 is 1.03. The van der Waals surface area contributed by atoms with Gasteiger partial charge in [-0.15, -0.1) is 10.2 Å². The van der Waals surface area contributed by atoms with E-state index < -0.39 is 11.2 Å². The zero-order chi connectivity index (χ0) is 15.6. The third-order valence-corrected chi connectivity index (χ3v) is 3.95. The maximum absolute atomic E-state index is 10.8. The maximum Gasteiger partial charge on any atom is 0.316 e. The van der Waals surface area contributed by atoms with Crippen molar-refractivity contribution in [3.8, 4) is 11.5 Å². The maximum atomic E-state index is 10.8. The van der Waals surface area contributed by atoms with Crippen LogP contribution in [0, 0.1) is 0 Å². The van der Waals surface area contributed by atoms with E-state index in [2.05, 4.69) is 31.0 Å². The minimum absolute atomic E-state index is 0.0886. The molecule has 1 aromatic carbocycles. The molecule has 112 valence electrons. The number of hydrogen-bond donors (Lipinski definition) is 1. The van der Waals surface area contributed by atoms with E-state index in [4.69, 9.17) is 9.52 Å². The van der Waals surface area contributed by atoms with E-state index in [9.17, 15) is 4.79 Å². The summed E-state index contributed by atoms with van der Waals surface area (Å²) in [5, 5.41) is 16.3. The number of nitrogens with zero attached hydrogens (tertiary/aromatic N) is 2. The van der Waals surface area contributed by atoms with Crippen LogP contribution in [0.2, 0.25) is 0 Å². The Morgan fingerprint density at radius 1 is 1.24 bits per heavy atom. The zero-order valence-electron chi connectivity index (χ0n) is 12.5. The van der Waals surface area contributed by atoms with E-state index >= 15 is 0 Å². The minimum atomic E-state index is -0.908. The molecule has 0 bridgehead atoms. The van der Waals surface area contributed by atoms with Gasteiger partial charge in [-0.05, 0) is 30.0 Å². The summed E-state index contributed by atoms with van der Waals surface area (Å²) in [7, 11) is 0. The molecule has 0 spiro atoms. The highest BCUT2D eigenvalue weighted by molar-refractivity contribution is 8.00. The standard InChI is InChI=1S/C15H18N2O3S/c1-9(13(18)19)21-14-17-16-12(20-14)10-5-7-11(8-6-10)15(2,3)4/h5-9H,1-4H3,(H,18,19). The quantitative estimate of drug-likeness (QED) is 0.870. The summed E-state index contributed by atoms with van der Waals surface area (Å²) in [6.45, 7) is 8.03. The van der Waals surface area contributed by atoms with Crippen molar-refractivity contribution in [3.63, 3.8) is 0 Å². The predicted molar refractivity (Wildman–Crippen MR) is 81.4 cm³/mol. The number of hydrogen-bond acceptors (Lipinski definition) is 5. The first-order chi connectivity index (χ1) is 9.77. The molecule has 0 fully saturated rings. The summed E-state index contributed by atoms with van der Waals surface area (Å²) in [4.78, 5) is 10.8. The molecule has 0 aliphatic carbocycles. The second-order valence-electron chi connectivity index (χ2n) is 5.80. The lowest BCUT2D eigenvalue weighted by molar-refractivity contribution is -0.136. The van der Waals surface area contributed by atoms with Gasteiger partial charge >= 0.3 is 5.97 Å². The summed E-state index contributed by atoms with van der Waals surface area (Å²) in [5.41, 5.74) is 2.14. The molecule has 1 N–H and O–H groups in total. The molecule has 6 heteroatoms. The van der Waals surface area contributed by atoms with Crippen LogP contribution in [0.1, 0.15) is 33.3 Å². The molecule has 2 rings (SSSR count). The van der Waals surface area contributed by atoms with Crippen LogP contribution in [0.4, 0.5) is 0 Å². The van der Waals surface area contributed by atoms with Gasteiger partial charge in [0.25, 0.3) is 5.22 Å². The fourth-order valence-electron chi connectivity index (χ4n) is 1.69. The van der Waals surface area contributed by atoms with E-state index in [1.54, 1.807) is 6.92 Å². The van der Waals surface area contributed by atoms with Gasteiger partial charge < -0.3 is 9.52 Å². The fraction of sp³-hybridized carbons (Fsp3) is 0.400. The van der Waals surface area contributed by atoms with Crippen LogP contribution in [-0.4, -0.2) is 26.5 Å². The van der Waals surface area contributed by atoms with E-state index in [0.717, 1.165) is 17.3 Å². The molecule has 0 saturated carbocycles. The Kier molecular flexibility index (Phi) is 4.37. The SMILES string of the molecule is CC(Sc1nnc(-c2ccc(C(C)(C)C)cc2)o1)C(=O)O. The molecule has 1 unspecified atom stereocenters. The summed E-state index contributed by atoms with van der Waals surface area (Å²) < 4.78 is 5.49. The highest BCUT2D eigenvalue weighted by atomic mass is 32.2. The lowest BCUT2D eigenvalue weighted by Gasteiger charge is -2.18. The minimum Gasteiger partial charge on any atom is -0.480 e. The van der Waals surface area contributed by atoms with Crippen molar-refractivity contribution in [2.75, 3.05) is 0 Å². The molecular formula is C15H18N2O3S. The van der Waals surface area contributed by atoms with Gasteiger partial charge in [0.15, 0.2) is 0 Å². The molecule has 0 aliphatic heterocycles. The van der Waals surface area contributed by atoms with Crippen LogP contribution in [0.3, 0.4) is 0 Å². The molecule has 0 aliphatic rings. The van der Waals surface area contributed by atoms with Crippen LogP contribution in [0.15, 0.2) is 33.9 Å². The number of carboxylic acid groups (broad SMARTS) is 1. The summed E-state index contributed by atoms with van der Waals surface area (Å²) in [6.07, 6.45) is 0. The first-order valence-electron chi connectivity index (χ1n) is 6.61. The lowest BCUT2D eigenvalue weighted by atomic mass is 9.87. The molecule has 1 atom stereocenters. The molecule has 0 amide bonds. The topological polar surface area (TPSA) is 76.2 Å². The number of carboxylic acids is 1. The monoisotopic (exact) mass is 306 g/mol. The Hall–Kier alpha value is -1.82. The average Bonchev–Trinajstić information content (AvgIpc) is 2.86. The highest BCUT2D eigenvalue weighted by Crippen LogP contribution is 2.28. The molecule has 21 heavy (non-hydrogen) atoms. The number of aliphatic carboxylic acids is 1. The molecule has 5 nitrogen and oxygen atoms in total. The Labute approximate surface area is 127 Å². The number of benzene rings is 1. The van der Waals surface area contributed by atoms with Crippen LogP contribution in [0.25, 0.3) is 11.5 Å². The van der Waals surface area contributed by atoms with Gasteiger partial charge in [-0.2, -0.15) is 0 Å². The molecule has 0 saturated heterocycles. The molecule has 1 aromatic heterocycles. The molecule has 0 radical (unpaired) electrons. The Morgan fingerprint density at radius 3 is 2.38 bits per heavy atom. The Bertz CT molecular complexity index is 629. The largest absolute Gasteiger partial charge is 0.480 e. The van der Waals surface area contributed by atoms with Gasteiger partial charge in [0.05, 0.1) is 0 Å². The van der Waals surface area contributed by atoms with Crippen molar-refractivity contribution >= 4 is 17.7 Å². The van der Waals surface area contributed by atoms with Crippen LogP contribution in [0.5, 0.6) is 0 Å². The van der Waals surface area contributed by atoms with Crippen LogP contribution < -0.4 is 0 Å². The van der Waals surface area contributed by atoms with Gasteiger partial charge in [-0.25, -0.2) is 0 Å². The van der Waals surface area contributed by atoms with Crippen LogP contribution >= 0.6 is 11.8 Å². The number of aromatic nitrogens is 2. The van der Waals surface area contributed by atoms with Crippen molar-refractivity contribution < 1.29 is 14.3 Å². The van der Waals surface area contributed by atoms with E-state index in [1.807, 2.05) is 24.3 Å². The second-order valence-corrected chi connectivity index (χ2v) is 7.09. The van der Waals surface area contributed by atoms with Crippen molar-refractivity contribution in [3.05, 3.63) is 29.8 Å². The molecule has 1 heterocycles. The highest BCUT2D eigenvalue weighted by Gasteiger charge is 2.18. The third kappa shape index (κ3) is 3.85. The van der Waals surface area contributed by atoms with Crippen molar-refractivity contribution in [1.29, 1.82) is 0 Å². The Balaban J connectivity index is 2.16. The van der Waals surface area contributed by atoms with Crippen molar-refractivity contribution in [2.24, 2.45) is 0 Å². The van der Waals surface area contributed by atoms with Crippen molar-refractivity contribution in [1.82, 2.24) is 10.2 Å². The predicted octanol–water partition coefficient (Wildman–Crippen LogP) is 3.60. The first-order valence-corrected chi connectivity index (χ1v) is 7.49. The van der Waals surface area contributed by atoms with Gasteiger partial charge in [-0.3, -0.25) is 4.79 Å².